The molecule has 1 N–H and O–H groups in total. The minimum absolute atomic E-state index is 0.0634. The predicted molar refractivity (Wildman–Crippen MR) is 84.0 cm³/mol. The molecule has 2 heterocycles. The summed E-state index contributed by atoms with van der Waals surface area (Å²) in [6, 6.07) is 5.14. The summed E-state index contributed by atoms with van der Waals surface area (Å²) >= 11 is 0. The highest BCUT2D eigenvalue weighted by Gasteiger charge is 2.43. The van der Waals surface area contributed by atoms with Gasteiger partial charge in [-0.25, -0.2) is 4.39 Å². The van der Waals surface area contributed by atoms with Crippen molar-refractivity contribution < 1.29 is 23.6 Å². The highest BCUT2D eigenvalue weighted by molar-refractivity contribution is 6.18. The van der Waals surface area contributed by atoms with Crippen molar-refractivity contribution in [1.82, 2.24) is 15.1 Å². The van der Waals surface area contributed by atoms with E-state index in [2.05, 4.69) is 5.32 Å². The first-order valence-electron chi connectivity index (χ1n) is 7.76. The average Bonchev–Trinajstić information content (AvgIpc) is 2.85. The maximum Gasteiger partial charge on any atom is 0.277 e. The van der Waals surface area contributed by atoms with Gasteiger partial charge in [0.15, 0.2) is 0 Å². The molecule has 2 aliphatic rings. The van der Waals surface area contributed by atoms with Crippen molar-refractivity contribution in [3.05, 3.63) is 47.4 Å². The van der Waals surface area contributed by atoms with E-state index in [0.29, 0.717) is 5.56 Å². The van der Waals surface area contributed by atoms with Gasteiger partial charge in [0.1, 0.15) is 17.6 Å². The summed E-state index contributed by atoms with van der Waals surface area (Å²) in [5.74, 6) is -2.74. The van der Waals surface area contributed by atoms with Crippen LogP contribution in [0, 0.1) is 5.82 Å². The molecule has 0 aliphatic carbocycles. The third-order valence-electron chi connectivity index (χ3n) is 4.23. The molecule has 130 valence electrons. The average molecular weight is 345 g/mol. The molecule has 25 heavy (non-hydrogen) atoms. The molecule has 1 atom stereocenters. The zero-order valence-electron chi connectivity index (χ0n) is 13.5. The summed E-state index contributed by atoms with van der Waals surface area (Å²) in [7, 11) is 1.57. The van der Waals surface area contributed by atoms with Crippen LogP contribution in [0.1, 0.15) is 18.4 Å². The van der Waals surface area contributed by atoms with E-state index in [1.165, 1.54) is 11.0 Å². The Kier molecular flexibility index (Phi) is 4.35. The fourth-order valence-electron chi connectivity index (χ4n) is 2.94. The number of hydrogen-bond donors (Lipinski definition) is 1. The van der Waals surface area contributed by atoms with Crippen molar-refractivity contribution >= 4 is 23.6 Å². The van der Waals surface area contributed by atoms with E-state index >= 15 is 0 Å². The molecule has 1 aromatic rings. The monoisotopic (exact) mass is 345 g/mol. The minimum Gasteiger partial charge on any atom is -0.366 e. The minimum atomic E-state index is -1.01. The molecule has 0 spiro atoms. The lowest BCUT2D eigenvalue weighted by molar-refractivity contribution is -0.150. The normalized spacial score (nSPS) is 20.6. The second-order valence-corrected chi connectivity index (χ2v) is 5.96. The number of imide groups is 2. The standard InChI is InChI=1S/C17H16FN3O4/c1-20(9-10-4-2-3-5-11(10)18)13-8-15(23)21(17(13)25)12-6-7-14(22)19-16(12)24/h2-5,8,12H,6-7,9H2,1H3,(H,19,22,24). The SMILES string of the molecule is CN(Cc1ccccc1F)C1=CC(=O)N(C2CCC(=O)NC2=O)C1=O. The number of hydrogen-bond acceptors (Lipinski definition) is 5. The highest BCUT2D eigenvalue weighted by Crippen LogP contribution is 2.24. The van der Waals surface area contributed by atoms with Gasteiger partial charge in [0.25, 0.3) is 11.8 Å². The second-order valence-electron chi connectivity index (χ2n) is 5.96. The molecule has 0 aromatic heterocycles. The predicted octanol–water partition coefficient (Wildman–Crippen LogP) is 0.315. The molecule has 0 radical (unpaired) electrons. The van der Waals surface area contributed by atoms with Gasteiger partial charge < -0.3 is 4.90 Å². The van der Waals surface area contributed by atoms with Crippen LogP contribution in [0.15, 0.2) is 36.0 Å². The molecular formula is C17H16FN3O4. The van der Waals surface area contributed by atoms with Gasteiger partial charge in [-0.05, 0) is 12.5 Å². The number of likely N-dealkylation sites (N-methyl/N-ethyl adjacent to an activating group) is 1. The van der Waals surface area contributed by atoms with E-state index in [-0.39, 0.29) is 25.1 Å². The Morgan fingerprint density at radius 3 is 2.64 bits per heavy atom. The smallest absolute Gasteiger partial charge is 0.277 e. The molecule has 4 amide bonds. The molecular weight excluding hydrogens is 329 g/mol. The molecule has 1 unspecified atom stereocenters. The first kappa shape index (κ1) is 16.8. The van der Waals surface area contributed by atoms with Crippen LogP contribution in [0.5, 0.6) is 0 Å². The van der Waals surface area contributed by atoms with E-state index in [0.717, 1.165) is 11.0 Å². The van der Waals surface area contributed by atoms with Gasteiger partial charge in [-0.3, -0.25) is 29.4 Å². The summed E-state index contributed by atoms with van der Waals surface area (Å²) in [4.78, 5) is 50.3. The van der Waals surface area contributed by atoms with E-state index in [9.17, 15) is 23.6 Å². The largest absolute Gasteiger partial charge is 0.366 e. The fourth-order valence-corrected chi connectivity index (χ4v) is 2.94. The number of nitrogens with zero attached hydrogens (tertiary/aromatic N) is 2. The number of halogens is 1. The van der Waals surface area contributed by atoms with Gasteiger partial charge in [0, 0.05) is 31.7 Å². The Bertz CT molecular complexity index is 805. The van der Waals surface area contributed by atoms with E-state index < -0.39 is 35.5 Å². The Hall–Kier alpha value is -3.03. The van der Waals surface area contributed by atoms with E-state index in [4.69, 9.17) is 0 Å². The van der Waals surface area contributed by atoms with Crippen LogP contribution in [0.4, 0.5) is 4.39 Å². The number of amides is 4. The van der Waals surface area contributed by atoms with Crippen molar-refractivity contribution in [3.8, 4) is 0 Å². The van der Waals surface area contributed by atoms with Crippen molar-refractivity contribution in [2.24, 2.45) is 0 Å². The number of carbonyl (C=O) groups excluding carboxylic acids is 4. The van der Waals surface area contributed by atoms with Gasteiger partial charge in [0.05, 0.1) is 0 Å². The zero-order valence-corrected chi connectivity index (χ0v) is 13.5. The number of benzene rings is 1. The molecule has 1 saturated heterocycles. The van der Waals surface area contributed by atoms with Crippen molar-refractivity contribution in [2.45, 2.75) is 25.4 Å². The van der Waals surface area contributed by atoms with Crippen LogP contribution in [0.25, 0.3) is 0 Å². The van der Waals surface area contributed by atoms with Gasteiger partial charge in [-0.2, -0.15) is 0 Å². The van der Waals surface area contributed by atoms with Gasteiger partial charge in [-0.1, -0.05) is 18.2 Å². The van der Waals surface area contributed by atoms with Crippen molar-refractivity contribution in [1.29, 1.82) is 0 Å². The summed E-state index contributed by atoms with van der Waals surface area (Å²) < 4.78 is 13.8. The quantitative estimate of drug-likeness (QED) is 0.794. The van der Waals surface area contributed by atoms with Crippen LogP contribution in [-0.4, -0.2) is 46.5 Å². The number of carbonyl (C=O) groups is 4. The van der Waals surface area contributed by atoms with Crippen LogP contribution in [-0.2, 0) is 25.7 Å². The summed E-state index contributed by atoms with van der Waals surface area (Å²) in [6.45, 7) is 0.0979. The third-order valence-corrected chi connectivity index (χ3v) is 4.23. The Morgan fingerprint density at radius 1 is 1.24 bits per heavy atom. The molecule has 1 aromatic carbocycles. The highest BCUT2D eigenvalue weighted by atomic mass is 19.1. The number of piperidine rings is 1. The molecule has 2 aliphatic heterocycles. The second kappa shape index (κ2) is 6.46. The maximum absolute atomic E-state index is 13.8. The number of nitrogens with one attached hydrogen (secondary N) is 1. The zero-order chi connectivity index (χ0) is 18.1. The third kappa shape index (κ3) is 3.15. The first-order chi connectivity index (χ1) is 11.9. The topological polar surface area (TPSA) is 86.8 Å². The molecule has 0 saturated carbocycles. The summed E-state index contributed by atoms with van der Waals surface area (Å²) in [5.41, 5.74) is 0.462. The van der Waals surface area contributed by atoms with Crippen molar-refractivity contribution in [2.75, 3.05) is 7.05 Å². The van der Waals surface area contributed by atoms with Crippen LogP contribution >= 0.6 is 0 Å². The molecule has 1 fully saturated rings. The lowest BCUT2D eigenvalue weighted by Gasteiger charge is -2.29. The summed E-state index contributed by atoms with van der Waals surface area (Å²) in [6.07, 6.45) is 1.29. The fraction of sp³-hybridized carbons (Fsp3) is 0.294. The molecule has 7 nitrogen and oxygen atoms in total. The lowest BCUT2D eigenvalue weighted by Crippen LogP contribution is -2.54. The Morgan fingerprint density at radius 2 is 1.96 bits per heavy atom. The van der Waals surface area contributed by atoms with Gasteiger partial charge in [-0.15, -0.1) is 0 Å². The van der Waals surface area contributed by atoms with E-state index in [1.807, 2.05) is 0 Å². The molecule has 8 heteroatoms. The number of rotatable bonds is 4. The van der Waals surface area contributed by atoms with Crippen LogP contribution in [0.2, 0.25) is 0 Å². The van der Waals surface area contributed by atoms with Crippen LogP contribution in [0.3, 0.4) is 0 Å². The van der Waals surface area contributed by atoms with Crippen molar-refractivity contribution in [3.63, 3.8) is 0 Å². The van der Waals surface area contributed by atoms with Crippen LogP contribution < -0.4 is 5.32 Å². The maximum atomic E-state index is 13.8. The summed E-state index contributed by atoms with van der Waals surface area (Å²) in [5, 5.41) is 2.13. The first-order valence-corrected chi connectivity index (χ1v) is 7.76. The molecule has 3 rings (SSSR count). The van der Waals surface area contributed by atoms with Gasteiger partial charge >= 0.3 is 0 Å². The Balaban J connectivity index is 1.76. The van der Waals surface area contributed by atoms with E-state index in [1.54, 1.807) is 25.2 Å². The Labute approximate surface area is 143 Å². The van der Waals surface area contributed by atoms with Gasteiger partial charge in [0.2, 0.25) is 11.8 Å². The molecule has 0 bridgehead atoms. The lowest BCUT2D eigenvalue weighted by atomic mass is 10.0.